The highest BCUT2D eigenvalue weighted by molar-refractivity contribution is 5.98. The maximum absolute atomic E-state index is 13.5. The van der Waals surface area contributed by atoms with Crippen molar-refractivity contribution in [1.29, 1.82) is 0 Å². The van der Waals surface area contributed by atoms with E-state index in [2.05, 4.69) is 4.98 Å². The zero-order valence-corrected chi connectivity index (χ0v) is 16.5. The monoisotopic (exact) mass is 390 g/mol. The third-order valence-corrected chi connectivity index (χ3v) is 4.77. The lowest BCUT2D eigenvalue weighted by molar-refractivity contribution is 0.0904. The maximum atomic E-state index is 13.5. The normalized spacial score (nSPS) is 12.1. The molecule has 0 fully saturated rings. The summed E-state index contributed by atoms with van der Waals surface area (Å²) in [6, 6.07) is 18.8. The van der Waals surface area contributed by atoms with Gasteiger partial charge in [0.1, 0.15) is 0 Å². The molecule has 150 valence electrons. The van der Waals surface area contributed by atoms with E-state index in [-0.39, 0.29) is 23.6 Å². The minimum Gasteiger partial charge on any atom is -0.351 e. The quantitative estimate of drug-likeness (QED) is 0.577. The molecule has 2 aromatic carbocycles. The Hall–Kier alpha value is -3.25. The molecule has 0 aliphatic carbocycles. The molecular weight excluding hydrogens is 364 g/mol. The SMILES string of the molecule is C[C@@H](N)Cc1cn(C(N)=O)c(C(=O)C(Cc2ccccc2)Cc2ccccc2)n1. The van der Waals surface area contributed by atoms with E-state index in [0.29, 0.717) is 25.0 Å². The molecule has 1 aromatic heterocycles. The molecule has 0 unspecified atom stereocenters. The van der Waals surface area contributed by atoms with Gasteiger partial charge in [0.2, 0.25) is 5.78 Å². The summed E-state index contributed by atoms with van der Waals surface area (Å²) >= 11 is 0. The second-order valence-corrected chi connectivity index (χ2v) is 7.39. The summed E-state index contributed by atoms with van der Waals surface area (Å²) < 4.78 is 1.14. The van der Waals surface area contributed by atoms with E-state index >= 15 is 0 Å². The number of hydrogen-bond donors (Lipinski definition) is 2. The Labute approximate surface area is 170 Å². The second kappa shape index (κ2) is 9.30. The smallest absolute Gasteiger partial charge is 0.324 e. The van der Waals surface area contributed by atoms with E-state index in [1.807, 2.05) is 67.6 Å². The number of amides is 1. The van der Waals surface area contributed by atoms with E-state index in [1.165, 1.54) is 6.20 Å². The number of benzene rings is 2. The van der Waals surface area contributed by atoms with Crippen LogP contribution in [0.1, 0.15) is 34.4 Å². The fourth-order valence-corrected chi connectivity index (χ4v) is 3.44. The number of carbonyl (C=O) groups is 2. The van der Waals surface area contributed by atoms with E-state index < -0.39 is 6.03 Å². The van der Waals surface area contributed by atoms with Gasteiger partial charge in [-0.15, -0.1) is 0 Å². The van der Waals surface area contributed by atoms with Crippen molar-refractivity contribution in [3.63, 3.8) is 0 Å². The molecule has 0 saturated carbocycles. The van der Waals surface area contributed by atoms with Gasteiger partial charge in [0.15, 0.2) is 5.82 Å². The molecule has 1 atom stereocenters. The topological polar surface area (TPSA) is 104 Å². The van der Waals surface area contributed by atoms with E-state index in [4.69, 9.17) is 11.5 Å². The van der Waals surface area contributed by atoms with E-state index in [1.54, 1.807) is 0 Å². The number of imidazole rings is 1. The first kappa shape index (κ1) is 20.5. The van der Waals surface area contributed by atoms with Crippen LogP contribution >= 0.6 is 0 Å². The van der Waals surface area contributed by atoms with Gasteiger partial charge in [0, 0.05) is 24.6 Å². The number of rotatable bonds is 8. The zero-order valence-electron chi connectivity index (χ0n) is 16.5. The number of primary amides is 1. The van der Waals surface area contributed by atoms with Crippen molar-refractivity contribution in [2.24, 2.45) is 17.4 Å². The van der Waals surface area contributed by atoms with Gasteiger partial charge in [0.25, 0.3) is 0 Å². The van der Waals surface area contributed by atoms with Crippen molar-refractivity contribution in [3.8, 4) is 0 Å². The van der Waals surface area contributed by atoms with Gasteiger partial charge in [-0.05, 0) is 30.9 Å². The number of carbonyl (C=O) groups excluding carboxylic acids is 2. The van der Waals surface area contributed by atoms with Crippen molar-refractivity contribution in [2.45, 2.75) is 32.2 Å². The highest BCUT2D eigenvalue weighted by atomic mass is 16.2. The van der Waals surface area contributed by atoms with Crippen LogP contribution in [0.15, 0.2) is 66.9 Å². The van der Waals surface area contributed by atoms with Crippen LogP contribution in [-0.2, 0) is 19.3 Å². The van der Waals surface area contributed by atoms with Gasteiger partial charge < -0.3 is 11.5 Å². The number of nitrogens with two attached hydrogens (primary N) is 2. The molecule has 6 heteroatoms. The van der Waals surface area contributed by atoms with Crippen LogP contribution in [-0.4, -0.2) is 27.4 Å². The molecule has 1 amide bonds. The van der Waals surface area contributed by atoms with Crippen molar-refractivity contribution in [1.82, 2.24) is 9.55 Å². The Balaban J connectivity index is 1.95. The highest BCUT2D eigenvalue weighted by Gasteiger charge is 2.27. The molecule has 0 saturated heterocycles. The minimum atomic E-state index is -0.727. The Morgan fingerprint density at radius 2 is 1.45 bits per heavy atom. The predicted molar refractivity (Wildman–Crippen MR) is 113 cm³/mol. The van der Waals surface area contributed by atoms with Crippen molar-refractivity contribution >= 4 is 11.8 Å². The van der Waals surface area contributed by atoms with Crippen molar-refractivity contribution in [2.75, 3.05) is 0 Å². The lowest BCUT2D eigenvalue weighted by atomic mass is 9.88. The van der Waals surface area contributed by atoms with Crippen LogP contribution in [0.4, 0.5) is 4.79 Å². The fourth-order valence-electron chi connectivity index (χ4n) is 3.44. The Kier molecular flexibility index (Phi) is 6.57. The molecule has 0 spiro atoms. The van der Waals surface area contributed by atoms with Gasteiger partial charge in [-0.1, -0.05) is 60.7 Å². The summed E-state index contributed by atoms with van der Waals surface area (Å²) in [4.78, 5) is 29.8. The van der Waals surface area contributed by atoms with Gasteiger partial charge in [0.05, 0.1) is 5.69 Å². The van der Waals surface area contributed by atoms with Crippen molar-refractivity contribution < 1.29 is 9.59 Å². The Bertz CT molecular complexity index is 924. The summed E-state index contributed by atoms with van der Waals surface area (Å²) in [5.41, 5.74) is 14.0. The second-order valence-electron chi connectivity index (χ2n) is 7.39. The standard InChI is InChI=1S/C23H26N4O2/c1-16(24)12-20-15-27(23(25)29)22(26-20)21(28)19(13-17-8-4-2-5-9-17)14-18-10-6-3-7-11-18/h2-11,15-16,19H,12-14,24H2,1H3,(H2,25,29)/t16-/m1/s1. The first-order valence-corrected chi connectivity index (χ1v) is 9.69. The molecular formula is C23H26N4O2. The fraction of sp³-hybridized carbons (Fsp3) is 0.261. The molecule has 3 aromatic rings. The van der Waals surface area contributed by atoms with Crippen LogP contribution in [0.3, 0.4) is 0 Å². The van der Waals surface area contributed by atoms with Crippen LogP contribution in [0, 0.1) is 5.92 Å². The summed E-state index contributed by atoms with van der Waals surface area (Å²) in [6.07, 6.45) is 3.06. The first-order chi connectivity index (χ1) is 13.9. The molecule has 0 radical (unpaired) electrons. The Morgan fingerprint density at radius 1 is 0.931 bits per heavy atom. The average molecular weight is 390 g/mol. The number of hydrogen-bond acceptors (Lipinski definition) is 4. The van der Waals surface area contributed by atoms with Crippen LogP contribution in [0.25, 0.3) is 0 Å². The molecule has 0 bridgehead atoms. The van der Waals surface area contributed by atoms with Gasteiger partial charge >= 0.3 is 6.03 Å². The van der Waals surface area contributed by atoms with Crippen LogP contribution in [0.5, 0.6) is 0 Å². The van der Waals surface area contributed by atoms with Gasteiger partial charge in [-0.3, -0.25) is 4.79 Å². The van der Waals surface area contributed by atoms with E-state index in [0.717, 1.165) is 15.7 Å². The summed E-state index contributed by atoms with van der Waals surface area (Å²) in [5, 5.41) is 0. The number of Topliss-reactive ketones (excluding diaryl/α,β-unsaturated/α-hetero) is 1. The van der Waals surface area contributed by atoms with Crippen molar-refractivity contribution in [3.05, 3.63) is 89.5 Å². The molecule has 6 nitrogen and oxygen atoms in total. The summed E-state index contributed by atoms with van der Waals surface area (Å²) in [5.74, 6) is -0.499. The third-order valence-electron chi connectivity index (χ3n) is 4.77. The molecule has 4 N–H and O–H groups in total. The number of ketones is 1. The van der Waals surface area contributed by atoms with Crippen LogP contribution < -0.4 is 11.5 Å². The zero-order chi connectivity index (χ0) is 20.8. The van der Waals surface area contributed by atoms with Gasteiger partial charge in [-0.25, -0.2) is 14.3 Å². The molecule has 0 aliphatic heterocycles. The predicted octanol–water partition coefficient (Wildman–Crippen LogP) is 2.98. The molecule has 0 aliphatic rings. The highest BCUT2D eigenvalue weighted by Crippen LogP contribution is 2.20. The van der Waals surface area contributed by atoms with E-state index in [9.17, 15) is 9.59 Å². The largest absolute Gasteiger partial charge is 0.351 e. The number of aromatic nitrogens is 2. The third kappa shape index (κ3) is 5.39. The number of nitrogens with zero attached hydrogens (tertiary/aromatic N) is 2. The average Bonchev–Trinajstić information content (AvgIpc) is 3.12. The maximum Gasteiger partial charge on any atom is 0.324 e. The molecule has 3 rings (SSSR count). The minimum absolute atomic E-state index is 0.0741. The summed E-state index contributed by atoms with van der Waals surface area (Å²) in [7, 11) is 0. The lowest BCUT2D eigenvalue weighted by Gasteiger charge is -2.16. The first-order valence-electron chi connectivity index (χ1n) is 9.69. The Morgan fingerprint density at radius 3 is 1.90 bits per heavy atom. The van der Waals surface area contributed by atoms with Gasteiger partial charge in [-0.2, -0.15) is 0 Å². The lowest BCUT2D eigenvalue weighted by Crippen LogP contribution is -2.28. The summed E-state index contributed by atoms with van der Waals surface area (Å²) in [6.45, 7) is 1.85. The molecule has 29 heavy (non-hydrogen) atoms. The molecule has 1 heterocycles. The van der Waals surface area contributed by atoms with Crippen LogP contribution in [0.2, 0.25) is 0 Å².